The summed E-state index contributed by atoms with van der Waals surface area (Å²) < 4.78 is 50.6. The number of hydrogen-bond acceptors (Lipinski definition) is 5. The quantitative estimate of drug-likeness (QED) is 0.818. The van der Waals surface area contributed by atoms with E-state index in [2.05, 4.69) is 4.72 Å². The molecular formula is C17H18FNO5S. The molecule has 0 saturated carbocycles. The summed E-state index contributed by atoms with van der Waals surface area (Å²) in [7, 11) is -3.77. The summed E-state index contributed by atoms with van der Waals surface area (Å²) in [4.78, 5) is 0.0199. The smallest absolute Gasteiger partial charge is 0.240 e. The van der Waals surface area contributed by atoms with Gasteiger partial charge in [0.1, 0.15) is 5.82 Å². The van der Waals surface area contributed by atoms with Crippen LogP contribution in [0.15, 0.2) is 41.3 Å². The van der Waals surface area contributed by atoms with E-state index in [1.807, 2.05) is 0 Å². The van der Waals surface area contributed by atoms with Crippen molar-refractivity contribution in [2.24, 2.45) is 0 Å². The normalized spacial score (nSPS) is 14.5. The molecule has 0 bridgehead atoms. The van der Waals surface area contributed by atoms with Crippen molar-refractivity contribution in [1.29, 1.82) is 0 Å². The van der Waals surface area contributed by atoms with E-state index in [1.54, 1.807) is 18.2 Å². The second-order valence-corrected chi connectivity index (χ2v) is 7.46. The molecule has 0 radical (unpaired) electrons. The van der Waals surface area contributed by atoms with Gasteiger partial charge in [-0.15, -0.1) is 0 Å². The molecule has 0 fully saturated rings. The topological polar surface area (TPSA) is 84.9 Å². The van der Waals surface area contributed by atoms with Gasteiger partial charge in [-0.3, -0.25) is 0 Å². The molecule has 1 aliphatic rings. The van der Waals surface area contributed by atoms with Crippen LogP contribution in [0.3, 0.4) is 0 Å². The van der Waals surface area contributed by atoms with Gasteiger partial charge in [0.05, 0.1) is 11.0 Å². The number of hydrogen-bond donors (Lipinski definition) is 2. The summed E-state index contributed by atoms with van der Waals surface area (Å²) >= 11 is 0. The number of sulfonamides is 1. The Hall–Kier alpha value is -2.16. The predicted molar refractivity (Wildman–Crippen MR) is 88.5 cm³/mol. The average Bonchev–Trinajstić information content (AvgIpc) is 3.01. The first-order valence-electron chi connectivity index (χ1n) is 7.70. The van der Waals surface area contributed by atoms with E-state index >= 15 is 0 Å². The van der Waals surface area contributed by atoms with E-state index in [4.69, 9.17) is 9.47 Å². The lowest BCUT2D eigenvalue weighted by molar-refractivity contribution is 0.166. The lowest BCUT2D eigenvalue weighted by Gasteiger charge is -2.13. The molecule has 0 amide bonds. The Balaban J connectivity index is 1.62. The first-order chi connectivity index (χ1) is 11.9. The molecular weight excluding hydrogens is 349 g/mol. The van der Waals surface area contributed by atoms with Crippen LogP contribution in [0, 0.1) is 12.7 Å². The molecule has 1 aliphatic heterocycles. The Morgan fingerprint density at radius 1 is 1.20 bits per heavy atom. The average molecular weight is 367 g/mol. The molecule has 1 atom stereocenters. The summed E-state index contributed by atoms with van der Waals surface area (Å²) in [6.45, 7) is 1.71. The van der Waals surface area contributed by atoms with E-state index in [9.17, 15) is 17.9 Å². The molecule has 2 aromatic carbocycles. The third-order valence-corrected chi connectivity index (χ3v) is 5.54. The zero-order valence-electron chi connectivity index (χ0n) is 13.5. The molecule has 2 aromatic rings. The van der Waals surface area contributed by atoms with Crippen LogP contribution in [-0.4, -0.2) is 26.9 Å². The Bertz CT molecular complexity index is 885. The molecule has 0 saturated heterocycles. The maximum absolute atomic E-state index is 13.1. The van der Waals surface area contributed by atoms with Gasteiger partial charge in [0.2, 0.25) is 16.8 Å². The molecule has 134 valence electrons. The van der Waals surface area contributed by atoms with Gasteiger partial charge in [-0.2, -0.15) is 0 Å². The summed E-state index contributed by atoms with van der Waals surface area (Å²) in [5.41, 5.74) is 0.935. The maximum Gasteiger partial charge on any atom is 0.240 e. The van der Waals surface area contributed by atoms with Crippen molar-refractivity contribution >= 4 is 10.0 Å². The third-order valence-electron chi connectivity index (χ3n) is 3.92. The van der Waals surface area contributed by atoms with E-state index in [-0.39, 0.29) is 24.7 Å². The number of aryl methyl sites for hydroxylation is 1. The minimum absolute atomic E-state index is 0.0199. The molecule has 1 heterocycles. The summed E-state index contributed by atoms with van der Waals surface area (Å²) in [5, 5.41) is 10.2. The molecule has 25 heavy (non-hydrogen) atoms. The van der Waals surface area contributed by atoms with Crippen molar-refractivity contribution in [3.05, 3.63) is 53.3 Å². The summed E-state index contributed by atoms with van der Waals surface area (Å²) in [5.74, 6) is 0.678. The third kappa shape index (κ3) is 3.92. The van der Waals surface area contributed by atoms with Crippen LogP contribution < -0.4 is 14.2 Å². The van der Waals surface area contributed by atoms with Gasteiger partial charge in [0, 0.05) is 6.54 Å². The van der Waals surface area contributed by atoms with E-state index in [0.29, 0.717) is 22.6 Å². The standard InChI is InChI=1S/C17H18FNO5S/c1-11-8-13(18)3-5-17(11)25(21,22)19-7-6-14(20)12-2-4-15-16(9-12)24-10-23-15/h2-5,8-9,14,19-20H,6-7,10H2,1H3/t14-/m1/s1. The highest BCUT2D eigenvalue weighted by Gasteiger charge is 2.19. The van der Waals surface area contributed by atoms with Crippen LogP contribution in [0.5, 0.6) is 11.5 Å². The van der Waals surface area contributed by atoms with E-state index in [0.717, 1.165) is 12.1 Å². The van der Waals surface area contributed by atoms with Crippen molar-refractivity contribution in [3.63, 3.8) is 0 Å². The minimum Gasteiger partial charge on any atom is -0.454 e. The number of nitrogens with one attached hydrogen (secondary N) is 1. The molecule has 8 heteroatoms. The van der Waals surface area contributed by atoms with Crippen LogP contribution >= 0.6 is 0 Å². The van der Waals surface area contributed by atoms with E-state index < -0.39 is 21.9 Å². The number of ether oxygens (including phenoxy) is 2. The predicted octanol–water partition coefficient (Wildman–Crippen LogP) is 2.26. The first-order valence-corrected chi connectivity index (χ1v) is 9.18. The lowest BCUT2D eigenvalue weighted by Crippen LogP contribution is -2.26. The van der Waals surface area contributed by atoms with Gasteiger partial charge in [-0.1, -0.05) is 6.07 Å². The van der Waals surface area contributed by atoms with Gasteiger partial charge < -0.3 is 14.6 Å². The fraction of sp³-hybridized carbons (Fsp3) is 0.294. The Morgan fingerprint density at radius 3 is 2.72 bits per heavy atom. The van der Waals surface area contributed by atoms with Gasteiger partial charge >= 0.3 is 0 Å². The molecule has 0 aliphatic carbocycles. The second kappa shape index (κ2) is 6.99. The largest absolute Gasteiger partial charge is 0.454 e. The van der Waals surface area contributed by atoms with Crippen LogP contribution in [0.4, 0.5) is 4.39 Å². The van der Waals surface area contributed by atoms with Crippen molar-refractivity contribution in [3.8, 4) is 11.5 Å². The fourth-order valence-electron chi connectivity index (χ4n) is 2.61. The number of fused-ring (bicyclic) bond motifs is 1. The molecule has 0 spiro atoms. The van der Waals surface area contributed by atoms with Crippen LogP contribution in [0.2, 0.25) is 0 Å². The zero-order valence-corrected chi connectivity index (χ0v) is 14.3. The molecule has 6 nitrogen and oxygen atoms in total. The number of aliphatic hydroxyl groups excluding tert-OH is 1. The monoisotopic (exact) mass is 367 g/mol. The molecule has 3 rings (SSSR count). The number of rotatable bonds is 6. The van der Waals surface area contributed by atoms with Crippen LogP contribution in [0.1, 0.15) is 23.7 Å². The second-order valence-electron chi connectivity index (χ2n) is 5.72. The van der Waals surface area contributed by atoms with E-state index in [1.165, 1.54) is 13.0 Å². The lowest BCUT2D eigenvalue weighted by atomic mass is 10.1. The fourth-order valence-corrected chi connectivity index (χ4v) is 3.88. The van der Waals surface area contributed by atoms with Gasteiger partial charge in [-0.25, -0.2) is 17.5 Å². The van der Waals surface area contributed by atoms with Crippen molar-refractivity contribution < 1.29 is 27.4 Å². The highest BCUT2D eigenvalue weighted by molar-refractivity contribution is 7.89. The zero-order chi connectivity index (χ0) is 18.0. The minimum atomic E-state index is -3.77. The van der Waals surface area contributed by atoms with Gasteiger partial charge in [0.25, 0.3) is 0 Å². The van der Waals surface area contributed by atoms with Gasteiger partial charge in [-0.05, 0) is 54.8 Å². The number of benzene rings is 2. The molecule has 2 N–H and O–H groups in total. The summed E-state index contributed by atoms with van der Waals surface area (Å²) in [6.07, 6.45) is -0.675. The highest BCUT2D eigenvalue weighted by atomic mass is 32.2. The van der Waals surface area contributed by atoms with Crippen LogP contribution in [-0.2, 0) is 10.0 Å². The first kappa shape index (κ1) is 17.7. The van der Waals surface area contributed by atoms with Crippen LogP contribution in [0.25, 0.3) is 0 Å². The van der Waals surface area contributed by atoms with Crippen molar-refractivity contribution in [2.75, 3.05) is 13.3 Å². The Labute approximate surface area is 145 Å². The SMILES string of the molecule is Cc1cc(F)ccc1S(=O)(=O)NCC[C@@H](O)c1ccc2c(c1)OCO2. The molecule has 0 unspecified atom stereocenters. The van der Waals surface area contributed by atoms with Gasteiger partial charge in [0.15, 0.2) is 11.5 Å². The highest BCUT2D eigenvalue weighted by Crippen LogP contribution is 2.34. The maximum atomic E-state index is 13.1. The van der Waals surface area contributed by atoms with Crippen molar-refractivity contribution in [2.45, 2.75) is 24.3 Å². The molecule has 0 aromatic heterocycles. The van der Waals surface area contributed by atoms with Crippen molar-refractivity contribution in [1.82, 2.24) is 4.72 Å². The number of aliphatic hydroxyl groups is 1. The Morgan fingerprint density at radius 2 is 1.96 bits per heavy atom. The Kier molecular flexibility index (Phi) is 4.94. The summed E-state index contributed by atoms with van der Waals surface area (Å²) in [6, 6.07) is 8.57. The number of halogens is 1.